The molecule has 8 heteroatoms. The highest BCUT2D eigenvalue weighted by atomic mass is 16.5. The lowest BCUT2D eigenvalue weighted by atomic mass is 9.70. The summed E-state index contributed by atoms with van der Waals surface area (Å²) in [7, 11) is 0. The minimum absolute atomic E-state index is 0.0218. The van der Waals surface area contributed by atoms with Gasteiger partial charge in [-0.25, -0.2) is 0 Å². The first kappa shape index (κ1) is 31.1. The van der Waals surface area contributed by atoms with Crippen LogP contribution in [0.25, 0.3) is 0 Å². The second-order valence-electron chi connectivity index (χ2n) is 13.2. The van der Waals surface area contributed by atoms with Crippen LogP contribution in [0.2, 0.25) is 0 Å². The molecular weight excluding hydrogens is 488 g/mol. The van der Waals surface area contributed by atoms with Gasteiger partial charge >= 0.3 is 0 Å². The van der Waals surface area contributed by atoms with Crippen molar-refractivity contribution in [1.82, 2.24) is 0 Å². The van der Waals surface area contributed by atoms with Crippen LogP contribution in [0.4, 0.5) is 0 Å². The van der Waals surface area contributed by atoms with E-state index in [9.17, 15) is 30.0 Å². The second-order valence-corrected chi connectivity index (χ2v) is 13.2. The lowest BCUT2D eigenvalue weighted by Crippen LogP contribution is -2.60. The Labute approximate surface area is 227 Å². The largest absolute Gasteiger partial charge is 0.388 e. The van der Waals surface area contributed by atoms with Gasteiger partial charge in [0.15, 0.2) is 11.6 Å². The first-order valence-corrected chi connectivity index (χ1v) is 13.9. The van der Waals surface area contributed by atoms with Gasteiger partial charge in [0.2, 0.25) is 0 Å². The summed E-state index contributed by atoms with van der Waals surface area (Å²) in [5.41, 5.74) is -2.49. The van der Waals surface area contributed by atoms with Crippen molar-refractivity contribution in [3.63, 3.8) is 0 Å². The predicted molar refractivity (Wildman–Crippen MR) is 143 cm³/mol. The van der Waals surface area contributed by atoms with Crippen molar-refractivity contribution in [3.8, 4) is 0 Å². The number of carbonyl (C=O) groups is 2. The number of aliphatic hydroxyl groups excluding tert-OH is 2. The van der Waals surface area contributed by atoms with Crippen LogP contribution >= 0.6 is 0 Å². The van der Waals surface area contributed by atoms with Gasteiger partial charge in [-0.05, 0) is 102 Å². The van der Waals surface area contributed by atoms with Crippen LogP contribution < -0.4 is 0 Å². The lowest BCUT2D eigenvalue weighted by Gasteiger charge is -2.51. The number of hydrogen-bond donors (Lipinski definition) is 4. The lowest BCUT2D eigenvalue weighted by molar-refractivity contribution is -0.239. The third kappa shape index (κ3) is 6.01. The maximum atomic E-state index is 12.0. The Hall–Kier alpha value is -1.42. The minimum atomic E-state index is -0.966. The molecule has 0 aromatic rings. The van der Waals surface area contributed by atoms with Crippen molar-refractivity contribution in [1.29, 1.82) is 0 Å². The summed E-state index contributed by atoms with van der Waals surface area (Å²) in [6.45, 7) is 14.3. The second kappa shape index (κ2) is 10.9. The molecular formula is C30H48O8. The van der Waals surface area contributed by atoms with Crippen molar-refractivity contribution >= 4 is 11.6 Å². The van der Waals surface area contributed by atoms with Gasteiger partial charge in [0, 0.05) is 12.8 Å². The molecule has 0 bridgehead atoms. The molecule has 4 N–H and O–H groups in total. The molecule has 0 radical (unpaired) electrons. The van der Waals surface area contributed by atoms with Crippen molar-refractivity contribution in [2.75, 3.05) is 0 Å². The van der Waals surface area contributed by atoms with E-state index in [4.69, 9.17) is 9.47 Å². The van der Waals surface area contributed by atoms with Gasteiger partial charge in [-0.3, -0.25) is 9.59 Å². The molecule has 2 saturated heterocycles. The van der Waals surface area contributed by atoms with E-state index in [-0.39, 0.29) is 48.5 Å². The summed E-state index contributed by atoms with van der Waals surface area (Å²) in [4.78, 5) is 24.0. The molecule has 38 heavy (non-hydrogen) atoms. The highest BCUT2D eigenvalue weighted by Crippen LogP contribution is 2.46. The summed E-state index contributed by atoms with van der Waals surface area (Å²) in [6.07, 6.45) is 4.48. The smallest absolute Gasteiger partial charge is 0.161 e. The normalized spacial score (nSPS) is 40.4. The fourth-order valence-electron chi connectivity index (χ4n) is 6.25. The van der Waals surface area contributed by atoms with E-state index in [1.54, 1.807) is 53.7 Å². The van der Waals surface area contributed by atoms with Crippen molar-refractivity contribution in [2.45, 2.75) is 141 Å². The highest BCUT2D eigenvalue weighted by Gasteiger charge is 2.54. The summed E-state index contributed by atoms with van der Waals surface area (Å²) in [5.74, 6) is 0.228. The molecule has 2 heterocycles. The zero-order chi connectivity index (χ0) is 28.8. The quantitative estimate of drug-likeness (QED) is 0.423. The zero-order valence-corrected chi connectivity index (χ0v) is 24.3. The zero-order valence-electron chi connectivity index (χ0n) is 24.3. The highest BCUT2D eigenvalue weighted by molar-refractivity contribution is 5.97. The predicted octanol–water partition coefficient (Wildman–Crippen LogP) is 3.18. The minimum Gasteiger partial charge on any atom is -0.388 e. The first-order chi connectivity index (χ1) is 17.3. The fraction of sp³-hybridized carbons (Fsp3) is 0.800. The molecule has 4 aliphatic rings. The molecule has 8 atom stereocenters. The van der Waals surface area contributed by atoms with E-state index in [1.165, 1.54) is 0 Å². The van der Waals surface area contributed by atoms with Crippen molar-refractivity contribution in [3.05, 3.63) is 23.3 Å². The number of carbonyl (C=O) groups excluding carboxylic acids is 2. The molecule has 2 aliphatic heterocycles. The third-order valence-electron chi connectivity index (χ3n) is 9.26. The number of Topliss-reactive ketones (excluding diaryl/α,β-unsaturated/α-hetero) is 2. The van der Waals surface area contributed by atoms with Crippen molar-refractivity contribution in [2.24, 2.45) is 11.8 Å². The Kier molecular flexibility index (Phi) is 8.89. The Morgan fingerprint density at radius 1 is 0.711 bits per heavy atom. The molecule has 2 spiro atoms. The maximum absolute atomic E-state index is 12.0. The molecule has 2 aliphatic carbocycles. The van der Waals surface area contributed by atoms with Crippen LogP contribution in [-0.4, -0.2) is 78.8 Å². The van der Waals surface area contributed by atoms with Gasteiger partial charge in [0.25, 0.3) is 0 Å². The van der Waals surface area contributed by atoms with Gasteiger partial charge in [-0.2, -0.15) is 0 Å². The van der Waals surface area contributed by atoms with Gasteiger partial charge in [-0.15, -0.1) is 0 Å². The van der Waals surface area contributed by atoms with Crippen LogP contribution in [0.5, 0.6) is 0 Å². The Morgan fingerprint density at radius 3 is 1.32 bits per heavy atom. The van der Waals surface area contributed by atoms with Gasteiger partial charge in [0.05, 0.1) is 23.4 Å². The van der Waals surface area contributed by atoms with Gasteiger partial charge in [-0.1, -0.05) is 13.8 Å². The molecule has 0 saturated carbocycles. The number of aliphatic hydroxyl groups is 4. The summed E-state index contributed by atoms with van der Waals surface area (Å²) in [6, 6.07) is 0. The molecule has 0 aromatic carbocycles. The van der Waals surface area contributed by atoms with Gasteiger partial charge in [0.1, 0.15) is 23.4 Å². The number of allylic oxidation sites excluding steroid dienone is 2. The van der Waals surface area contributed by atoms with Crippen LogP contribution in [0.15, 0.2) is 23.3 Å². The molecule has 216 valence electrons. The number of rotatable bonds is 2. The van der Waals surface area contributed by atoms with E-state index in [0.717, 1.165) is 25.7 Å². The van der Waals surface area contributed by atoms with E-state index in [2.05, 4.69) is 0 Å². The van der Waals surface area contributed by atoms with Crippen LogP contribution in [0.3, 0.4) is 0 Å². The first-order valence-electron chi connectivity index (χ1n) is 13.9. The van der Waals surface area contributed by atoms with Crippen LogP contribution in [0.1, 0.15) is 93.9 Å². The standard InChI is InChI=1S/2C15H24O4/c2*1-9-7-12(17)15(8-11(9)16)10(2)5-6-13(19-15)14(3,4)18/h2*7,10,12-13,17-18H,5-6,8H2,1-4H3/t2*10-,12+,13+,15-/m11/s1. The average Bonchev–Trinajstić information content (AvgIpc) is 2.79. The van der Waals surface area contributed by atoms with E-state index in [0.29, 0.717) is 11.1 Å². The number of hydrogen-bond acceptors (Lipinski definition) is 8. The Bertz CT molecular complexity index is 892. The van der Waals surface area contributed by atoms with E-state index >= 15 is 0 Å². The summed E-state index contributed by atoms with van der Waals surface area (Å²) < 4.78 is 12.1. The topological polar surface area (TPSA) is 134 Å². The maximum Gasteiger partial charge on any atom is 0.161 e. The molecule has 4 rings (SSSR count). The molecule has 0 amide bonds. The molecule has 8 nitrogen and oxygen atoms in total. The van der Waals surface area contributed by atoms with Crippen molar-refractivity contribution < 1.29 is 39.5 Å². The van der Waals surface area contributed by atoms with E-state index in [1.807, 2.05) is 13.8 Å². The average molecular weight is 537 g/mol. The summed E-state index contributed by atoms with van der Waals surface area (Å²) >= 11 is 0. The number of ether oxygens (including phenoxy) is 2. The monoisotopic (exact) mass is 536 g/mol. The fourth-order valence-corrected chi connectivity index (χ4v) is 6.25. The van der Waals surface area contributed by atoms with Crippen LogP contribution in [-0.2, 0) is 19.1 Å². The number of ketones is 2. The summed E-state index contributed by atoms with van der Waals surface area (Å²) in [5, 5.41) is 41.1. The Balaban J connectivity index is 0.000000211. The third-order valence-corrected chi connectivity index (χ3v) is 9.26. The van der Waals surface area contributed by atoms with Crippen LogP contribution in [0, 0.1) is 11.8 Å². The Morgan fingerprint density at radius 2 is 1.03 bits per heavy atom. The molecule has 0 unspecified atom stereocenters. The molecule has 2 fully saturated rings. The molecule has 0 aromatic heterocycles. The van der Waals surface area contributed by atoms with Gasteiger partial charge < -0.3 is 29.9 Å². The van der Waals surface area contributed by atoms with E-state index < -0.39 is 34.6 Å². The SMILES string of the molecule is CC1=C[C@H](O)[C@]2(CC1=O)O[C@H](C(C)(C)O)CC[C@H]2C.CC1=C[C@H](O)[C@]2(CC1=O)O[C@H](C(C)(C)O)CC[C@H]2C.